The van der Waals surface area contributed by atoms with E-state index in [0.29, 0.717) is 0 Å². The van der Waals surface area contributed by atoms with E-state index in [1.807, 2.05) is 20.0 Å². The average molecular weight is 154 g/mol. The van der Waals surface area contributed by atoms with Crippen molar-refractivity contribution in [2.24, 2.45) is 7.05 Å². The Morgan fingerprint density at radius 2 is 2.18 bits per heavy atom. The summed E-state index contributed by atoms with van der Waals surface area (Å²) < 4.78 is 1.79. The molecule has 1 heterocycles. The summed E-state index contributed by atoms with van der Waals surface area (Å²) in [7, 11) is 1.88. The second-order valence-electron chi connectivity index (χ2n) is 2.91. The van der Waals surface area contributed by atoms with Crippen LogP contribution in [0.4, 0.5) is 0 Å². The summed E-state index contributed by atoms with van der Waals surface area (Å²) in [4.78, 5) is 0. The van der Waals surface area contributed by atoms with E-state index in [9.17, 15) is 5.11 Å². The van der Waals surface area contributed by atoms with Gasteiger partial charge in [0.05, 0.1) is 6.10 Å². The van der Waals surface area contributed by atoms with Crippen LogP contribution in [0.25, 0.3) is 0 Å². The minimum atomic E-state index is -0.314. The normalized spacial score (nSPS) is 16.4. The Morgan fingerprint density at radius 3 is 2.55 bits per heavy atom. The molecule has 0 aliphatic rings. The highest BCUT2D eigenvalue weighted by atomic mass is 16.3. The summed E-state index contributed by atoms with van der Waals surface area (Å²) in [6, 6.07) is 1.93. The molecular weight excluding hydrogens is 140 g/mol. The molecular formula is C8H14N2O. The van der Waals surface area contributed by atoms with Crippen molar-refractivity contribution in [2.45, 2.75) is 25.9 Å². The Balaban J connectivity index is 2.84. The Kier molecular flexibility index (Phi) is 2.29. The number of nitrogens with zero attached hydrogens (tertiary/aromatic N) is 2. The molecule has 0 aliphatic heterocycles. The maximum absolute atomic E-state index is 9.28. The van der Waals surface area contributed by atoms with Crippen molar-refractivity contribution in [3.8, 4) is 0 Å². The molecule has 1 rings (SSSR count). The van der Waals surface area contributed by atoms with Gasteiger partial charge >= 0.3 is 0 Å². The van der Waals surface area contributed by atoms with E-state index in [1.165, 1.54) is 0 Å². The van der Waals surface area contributed by atoms with Gasteiger partial charge in [0.2, 0.25) is 0 Å². The standard InChI is InChI=1S/C8H14N2O/c1-6(7(2)11)8-4-5-9-10(8)3/h4-7,11H,1-3H3. The van der Waals surface area contributed by atoms with E-state index in [0.717, 1.165) is 5.69 Å². The van der Waals surface area contributed by atoms with E-state index in [1.54, 1.807) is 17.8 Å². The maximum atomic E-state index is 9.28. The van der Waals surface area contributed by atoms with Gasteiger partial charge in [-0.1, -0.05) is 6.92 Å². The summed E-state index contributed by atoms with van der Waals surface area (Å²) in [6.45, 7) is 3.78. The first kappa shape index (κ1) is 8.27. The summed E-state index contributed by atoms with van der Waals surface area (Å²) in [5, 5.41) is 13.3. The second kappa shape index (κ2) is 3.05. The van der Waals surface area contributed by atoms with Crippen molar-refractivity contribution in [3.05, 3.63) is 18.0 Å². The van der Waals surface area contributed by atoms with Gasteiger partial charge in [-0.15, -0.1) is 0 Å². The van der Waals surface area contributed by atoms with E-state index < -0.39 is 0 Å². The predicted molar refractivity (Wildman–Crippen MR) is 43.3 cm³/mol. The molecule has 0 amide bonds. The lowest BCUT2D eigenvalue weighted by molar-refractivity contribution is 0.165. The lowest BCUT2D eigenvalue weighted by atomic mass is 10.0. The van der Waals surface area contributed by atoms with Gasteiger partial charge in [0.1, 0.15) is 0 Å². The van der Waals surface area contributed by atoms with Crippen LogP contribution in [0, 0.1) is 0 Å². The third kappa shape index (κ3) is 1.60. The smallest absolute Gasteiger partial charge is 0.0592 e. The zero-order valence-corrected chi connectivity index (χ0v) is 7.15. The quantitative estimate of drug-likeness (QED) is 0.687. The Morgan fingerprint density at radius 1 is 1.55 bits per heavy atom. The van der Waals surface area contributed by atoms with Crippen molar-refractivity contribution in [1.82, 2.24) is 9.78 Å². The third-order valence-electron chi connectivity index (χ3n) is 2.05. The monoisotopic (exact) mass is 154 g/mol. The van der Waals surface area contributed by atoms with Crippen molar-refractivity contribution in [2.75, 3.05) is 0 Å². The minimum absolute atomic E-state index is 0.155. The van der Waals surface area contributed by atoms with Gasteiger partial charge in [0, 0.05) is 24.9 Å². The lowest BCUT2D eigenvalue weighted by Crippen LogP contribution is -2.14. The van der Waals surface area contributed by atoms with E-state index >= 15 is 0 Å². The summed E-state index contributed by atoms with van der Waals surface area (Å²) in [5.41, 5.74) is 1.07. The molecule has 0 fully saturated rings. The molecule has 0 aromatic carbocycles. The average Bonchev–Trinajstić information content (AvgIpc) is 2.33. The summed E-state index contributed by atoms with van der Waals surface area (Å²) in [5.74, 6) is 0.155. The van der Waals surface area contributed by atoms with Crippen LogP contribution in [0.2, 0.25) is 0 Å². The van der Waals surface area contributed by atoms with Gasteiger partial charge in [-0.05, 0) is 13.0 Å². The molecule has 0 aliphatic carbocycles. The molecule has 2 unspecified atom stereocenters. The SMILES string of the molecule is CC(O)C(C)c1ccnn1C. The molecule has 2 atom stereocenters. The van der Waals surface area contributed by atoms with Gasteiger partial charge in [-0.2, -0.15) is 5.10 Å². The molecule has 0 radical (unpaired) electrons. The summed E-state index contributed by atoms with van der Waals surface area (Å²) >= 11 is 0. The molecule has 0 saturated heterocycles. The van der Waals surface area contributed by atoms with Crippen molar-refractivity contribution < 1.29 is 5.11 Å². The minimum Gasteiger partial charge on any atom is -0.393 e. The fourth-order valence-electron chi connectivity index (χ4n) is 1.08. The number of hydrogen-bond donors (Lipinski definition) is 1. The molecule has 3 nitrogen and oxygen atoms in total. The van der Waals surface area contributed by atoms with Gasteiger partial charge in [0.15, 0.2) is 0 Å². The third-order valence-corrected chi connectivity index (χ3v) is 2.05. The van der Waals surface area contributed by atoms with Gasteiger partial charge < -0.3 is 5.11 Å². The highest BCUT2D eigenvalue weighted by Crippen LogP contribution is 2.17. The van der Waals surface area contributed by atoms with Crippen LogP contribution < -0.4 is 0 Å². The van der Waals surface area contributed by atoms with E-state index in [2.05, 4.69) is 5.10 Å². The topological polar surface area (TPSA) is 38.1 Å². The van der Waals surface area contributed by atoms with Crippen molar-refractivity contribution in [3.63, 3.8) is 0 Å². The molecule has 1 N–H and O–H groups in total. The molecule has 3 heteroatoms. The number of rotatable bonds is 2. The fraction of sp³-hybridized carbons (Fsp3) is 0.625. The van der Waals surface area contributed by atoms with Crippen LogP contribution in [0.15, 0.2) is 12.3 Å². The van der Waals surface area contributed by atoms with E-state index in [4.69, 9.17) is 0 Å². The zero-order valence-electron chi connectivity index (χ0n) is 7.15. The van der Waals surface area contributed by atoms with Crippen LogP contribution >= 0.6 is 0 Å². The zero-order chi connectivity index (χ0) is 8.43. The Labute approximate surface area is 66.7 Å². The number of aliphatic hydroxyl groups excluding tert-OH is 1. The highest BCUT2D eigenvalue weighted by molar-refractivity contribution is 5.07. The highest BCUT2D eigenvalue weighted by Gasteiger charge is 2.13. The van der Waals surface area contributed by atoms with Crippen molar-refractivity contribution in [1.29, 1.82) is 0 Å². The van der Waals surface area contributed by atoms with Crippen LogP contribution in [0.3, 0.4) is 0 Å². The molecule has 11 heavy (non-hydrogen) atoms. The maximum Gasteiger partial charge on any atom is 0.0592 e. The number of aliphatic hydroxyl groups is 1. The molecule has 62 valence electrons. The van der Waals surface area contributed by atoms with Gasteiger partial charge in [-0.25, -0.2) is 0 Å². The fourth-order valence-corrected chi connectivity index (χ4v) is 1.08. The van der Waals surface area contributed by atoms with Crippen LogP contribution in [0.5, 0.6) is 0 Å². The molecule has 1 aromatic heterocycles. The molecule has 0 spiro atoms. The van der Waals surface area contributed by atoms with Gasteiger partial charge in [0.25, 0.3) is 0 Å². The predicted octanol–water partition coefficient (Wildman–Crippen LogP) is 0.904. The van der Waals surface area contributed by atoms with Crippen molar-refractivity contribution >= 4 is 0 Å². The molecule has 0 saturated carbocycles. The Bertz CT molecular complexity index is 230. The Hall–Kier alpha value is -0.830. The molecule has 1 aromatic rings. The van der Waals surface area contributed by atoms with Crippen LogP contribution in [-0.4, -0.2) is 21.0 Å². The largest absolute Gasteiger partial charge is 0.393 e. The number of aryl methyl sites for hydroxylation is 1. The van der Waals surface area contributed by atoms with Crippen LogP contribution in [-0.2, 0) is 7.05 Å². The first-order valence-corrected chi connectivity index (χ1v) is 3.79. The number of hydrogen-bond acceptors (Lipinski definition) is 2. The second-order valence-corrected chi connectivity index (χ2v) is 2.91. The van der Waals surface area contributed by atoms with Crippen LogP contribution in [0.1, 0.15) is 25.5 Å². The number of aromatic nitrogens is 2. The lowest BCUT2D eigenvalue weighted by Gasteiger charge is -2.14. The summed E-state index contributed by atoms with van der Waals surface area (Å²) in [6.07, 6.45) is 1.43. The van der Waals surface area contributed by atoms with Gasteiger partial charge in [-0.3, -0.25) is 4.68 Å². The first-order chi connectivity index (χ1) is 5.13. The first-order valence-electron chi connectivity index (χ1n) is 3.79. The van der Waals surface area contributed by atoms with E-state index in [-0.39, 0.29) is 12.0 Å². The molecule has 0 bridgehead atoms.